The summed E-state index contributed by atoms with van der Waals surface area (Å²) in [6, 6.07) is 2.25. The fraction of sp³-hybridized carbons (Fsp3) is 0.778. The standard InChI is InChI=1S/C18H29N3O3/c1-4-13(3)15-10-17(24-19-15)18(22)21-11-14(5-2)16(12-21)20-6-8-23-9-7-20/h10,13-14,16H,4-9,11-12H2,1-3H3/t13-,14+,16-/m0/s1. The largest absolute Gasteiger partial charge is 0.379 e. The smallest absolute Gasteiger partial charge is 0.292 e. The van der Waals surface area contributed by atoms with Gasteiger partial charge in [-0.15, -0.1) is 0 Å². The van der Waals surface area contributed by atoms with Crippen LogP contribution in [0.3, 0.4) is 0 Å². The van der Waals surface area contributed by atoms with Gasteiger partial charge in [0.15, 0.2) is 0 Å². The Bertz CT molecular complexity index is 553. The maximum absolute atomic E-state index is 12.8. The number of hydrogen-bond donors (Lipinski definition) is 0. The van der Waals surface area contributed by atoms with Gasteiger partial charge in [-0.2, -0.15) is 0 Å². The van der Waals surface area contributed by atoms with Crippen LogP contribution in [0.1, 0.15) is 55.8 Å². The minimum Gasteiger partial charge on any atom is -0.379 e. The van der Waals surface area contributed by atoms with Crippen molar-refractivity contribution >= 4 is 5.91 Å². The van der Waals surface area contributed by atoms with Gasteiger partial charge in [-0.25, -0.2) is 0 Å². The van der Waals surface area contributed by atoms with Gasteiger partial charge in [-0.1, -0.05) is 32.3 Å². The van der Waals surface area contributed by atoms with Crippen molar-refractivity contribution in [2.75, 3.05) is 39.4 Å². The molecule has 0 unspecified atom stereocenters. The molecular formula is C18H29N3O3. The highest BCUT2D eigenvalue weighted by molar-refractivity contribution is 5.91. The van der Waals surface area contributed by atoms with E-state index >= 15 is 0 Å². The predicted octanol–water partition coefficient (Wildman–Crippen LogP) is 2.37. The Kier molecular flexibility index (Phi) is 5.56. The van der Waals surface area contributed by atoms with E-state index in [1.807, 2.05) is 11.0 Å². The summed E-state index contributed by atoms with van der Waals surface area (Å²) in [7, 11) is 0. The van der Waals surface area contributed by atoms with Crippen LogP contribution >= 0.6 is 0 Å². The maximum atomic E-state index is 12.8. The molecule has 3 atom stereocenters. The zero-order chi connectivity index (χ0) is 17.1. The van der Waals surface area contributed by atoms with Gasteiger partial charge in [0.2, 0.25) is 5.76 Å². The van der Waals surface area contributed by atoms with E-state index in [4.69, 9.17) is 9.26 Å². The van der Waals surface area contributed by atoms with Crippen LogP contribution in [0, 0.1) is 5.92 Å². The number of hydrogen-bond acceptors (Lipinski definition) is 5. The zero-order valence-electron chi connectivity index (χ0n) is 15.0. The second-order valence-electron chi connectivity index (χ2n) is 7.02. The van der Waals surface area contributed by atoms with E-state index < -0.39 is 0 Å². The molecule has 24 heavy (non-hydrogen) atoms. The van der Waals surface area contributed by atoms with Gasteiger partial charge >= 0.3 is 0 Å². The molecule has 0 spiro atoms. The van der Waals surface area contributed by atoms with Crippen molar-refractivity contribution in [1.82, 2.24) is 15.0 Å². The maximum Gasteiger partial charge on any atom is 0.292 e. The quantitative estimate of drug-likeness (QED) is 0.827. The molecule has 0 N–H and O–H groups in total. The van der Waals surface area contributed by atoms with E-state index in [2.05, 4.69) is 30.8 Å². The Morgan fingerprint density at radius 3 is 2.75 bits per heavy atom. The van der Waals surface area contributed by atoms with Gasteiger partial charge in [0.1, 0.15) is 0 Å². The lowest BCUT2D eigenvalue weighted by Gasteiger charge is -2.34. The van der Waals surface area contributed by atoms with E-state index in [0.717, 1.165) is 57.9 Å². The number of amides is 1. The summed E-state index contributed by atoms with van der Waals surface area (Å²) in [6.45, 7) is 11.5. The monoisotopic (exact) mass is 335 g/mol. The summed E-state index contributed by atoms with van der Waals surface area (Å²) < 4.78 is 10.8. The molecule has 0 aromatic carbocycles. The molecule has 134 valence electrons. The first-order valence-corrected chi connectivity index (χ1v) is 9.21. The van der Waals surface area contributed by atoms with Crippen LogP contribution in [-0.4, -0.2) is 66.3 Å². The van der Waals surface area contributed by atoms with Crippen LogP contribution in [0.4, 0.5) is 0 Å². The lowest BCUT2D eigenvalue weighted by molar-refractivity contribution is 0.0102. The number of aromatic nitrogens is 1. The summed E-state index contributed by atoms with van der Waals surface area (Å²) >= 11 is 0. The van der Waals surface area contributed by atoms with Crippen LogP contribution in [0.15, 0.2) is 10.6 Å². The first-order chi connectivity index (χ1) is 11.6. The van der Waals surface area contributed by atoms with E-state index in [-0.39, 0.29) is 5.91 Å². The third-order valence-corrected chi connectivity index (χ3v) is 5.59. The van der Waals surface area contributed by atoms with E-state index in [0.29, 0.717) is 23.6 Å². The lowest BCUT2D eigenvalue weighted by Crippen LogP contribution is -2.47. The van der Waals surface area contributed by atoms with E-state index in [1.165, 1.54) is 0 Å². The molecule has 6 nitrogen and oxygen atoms in total. The topological polar surface area (TPSA) is 58.8 Å². The Balaban J connectivity index is 1.68. The zero-order valence-corrected chi connectivity index (χ0v) is 15.0. The first kappa shape index (κ1) is 17.4. The summed E-state index contributed by atoms with van der Waals surface area (Å²) in [5, 5.41) is 4.08. The predicted molar refractivity (Wildman–Crippen MR) is 91.1 cm³/mol. The SMILES string of the molecule is CC[C@@H]1CN(C(=O)c2cc([C@@H](C)CC)no2)C[C@@H]1N1CCOCC1. The molecule has 0 radical (unpaired) electrons. The molecule has 2 saturated heterocycles. The van der Waals surface area contributed by atoms with Crippen molar-refractivity contribution in [3.63, 3.8) is 0 Å². The number of rotatable bonds is 5. The van der Waals surface area contributed by atoms with Crippen molar-refractivity contribution < 1.29 is 14.1 Å². The fourth-order valence-corrected chi connectivity index (χ4v) is 3.73. The van der Waals surface area contributed by atoms with Crippen LogP contribution in [-0.2, 0) is 4.74 Å². The van der Waals surface area contributed by atoms with Crippen molar-refractivity contribution in [3.05, 3.63) is 17.5 Å². The number of likely N-dealkylation sites (tertiary alicyclic amines) is 1. The molecular weight excluding hydrogens is 306 g/mol. The molecule has 1 amide bonds. The van der Waals surface area contributed by atoms with E-state index in [1.54, 1.807) is 0 Å². The summed E-state index contributed by atoms with van der Waals surface area (Å²) in [4.78, 5) is 17.2. The molecule has 2 aliphatic heterocycles. The third-order valence-electron chi connectivity index (χ3n) is 5.59. The summed E-state index contributed by atoms with van der Waals surface area (Å²) in [5.74, 6) is 1.19. The third kappa shape index (κ3) is 3.49. The average Bonchev–Trinajstić information content (AvgIpc) is 3.28. The normalized spacial score (nSPS) is 26.7. The van der Waals surface area contributed by atoms with Gasteiger partial charge in [-0.3, -0.25) is 9.69 Å². The Hall–Kier alpha value is -1.40. The number of carbonyl (C=O) groups is 1. The van der Waals surface area contributed by atoms with Crippen molar-refractivity contribution in [3.8, 4) is 0 Å². The molecule has 3 heterocycles. The molecule has 6 heteroatoms. The Morgan fingerprint density at radius 1 is 1.33 bits per heavy atom. The van der Waals surface area contributed by atoms with Gasteiger partial charge in [-0.05, 0) is 12.3 Å². The van der Waals surface area contributed by atoms with Gasteiger partial charge in [0.25, 0.3) is 5.91 Å². The Morgan fingerprint density at radius 2 is 2.08 bits per heavy atom. The molecule has 1 aromatic rings. The number of morpholine rings is 1. The van der Waals surface area contributed by atoms with Gasteiger partial charge in [0.05, 0.1) is 18.9 Å². The molecule has 2 aliphatic rings. The van der Waals surface area contributed by atoms with E-state index in [9.17, 15) is 4.79 Å². The highest BCUT2D eigenvalue weighted by Crippen LogP contribution is 2.27. The number of carbonyl (C=O) groups excluding carboxylic acids is 1. The minimum absolute atomic E-state index is 0.0220. The number of nitrogens with zero attached hydrogens (tertiary/aromatic N) is 3. The van der Waals surface area contributed by atoms with Gasteiger partial charge < -0.3 is 14.2 Å². The van der Waals surface area contributed by atoms with Gasteiger partial charge in [0, 0.05) is 44.2 Å². The highest BCUT2D eigenvalue weighted by atomic mass is 16.5. The summed E-state index contributed by atoms with van der Waals surface area (Å²) in [6.07, 6.45) is 2.07. The second-order valence-corrected chi connectivity index (χ2v) is 7.02. The molecule has 0 bridgehead atoms. The molecule has 0 saturated carbocycles. The summed E-state index contributed by atoms with van der Waals surface area (Å²) in [5.41, 5.74) is 0.872. The highest BCUT2D eigenvalue weighted by Gasteiger charge is 2.39. The molecule has 0 aliphatic carbocycles. The second kappa shape index (κ2) is 7.66. The Labute approximate surface area is 144 Å². The molecule has 1 aromatic heterocycles. The van der Waals surface area contributed by atoms with Crippen molar-refractivity contribution in [2.45, 2.75) is 45.6 Å². The van der Waals surface area contributed by atoms with Crippen molar-refractivity contribution in [2.24, 2.45) is 5.92 Å². The van der Waals surface area contributed by atoms with Crippen LogP contribution in [0.2, 0.25) is 0 Å². The van der Waals surface area contributed by atoms with Crippen molar-refractivity contribution in [1.29, 1.82) is 0 Å². The van der Waals surface area contributed by atoms with Crippen LogP contribution in [0.25, 0.3) is 0 Å². The number of ether oxygens (including phenoxy) is 1. The van der Waals surface area contributed by atoms with Crippen LogP contribution < -0.4 is 0 Å². The molecule has 2 fully saturated rings. The molecule has 3 rings (SSSR count). The lowest BCUT2D eigenvalue weighted by atomic mass is 9.99. The van der Waals surface area contributed by atoms with Crippen LogP contribution in [0.5, 0.6) is 0 Å². The minimum atomic E-state index is -0.0220. The first-order valence-electron chi connectivity index (χ1n) is 9.21. The fourth-order valence-electron chi connectivity index (χ4n) is 3.73. The average molecular weight is 335 g/mol.